The highest BCUT2D eigenvalue weighted by atomic mass is 127. The van der Waals surface area contributed by atoms with Crippen LogP contribution in [0.1, 0.15) is 37.7 Å². The number of halogens is 1. The van der Waals surface area contributed by atoms with Gasteiger partial charge in [0.1, 0.15) is 5.75 Å². The van der Waals surface area contributed by atoms with Crippen molar-refractivity contribution in [1.29, 1.82) is 0 Å². The molecule has 7 heteroatoms. The van der Waals surface area contributed by atoms with E-state index in [0.29, 0.717) is 5.41 Å². The molecule has 0 aromatic heterocycles. The Bertz CT molecular complexity index is 589. The molecule has 1 fully saturated rings. The van der Waals surface area contributed by atoms with Gasteiger partial charge in [0.15, 0.2) is 5.96 Å². The molecule has 0 amide bonds. The van der Waals surface area contributed by atoms with E-state index in [1.807, 2.05) is 19.2 Å². The van der Waals surface area contributed by atoms with E-state index in [9.17, 15) is 0 Å². The van der Waals surface area contributed by atoms with Gasteiger partial charge in [0.2, 0.25) is 0 Å². The molecule has 29 heavy (non-hydrogen) atoms. The lowest BCUT2D eigenvalue weighted by atomic mass is 9.67. The molecule has 0 radical (unpaired) electrons. The predicted molar refractivity (Wildman–Crippen MR) is 132 cm³/mol. The number of rotatable bonds is 12. The van der Waals surface area contributed by atoms with Gasteiger partial charge < -0.3 is 25.0 Å². The van der Waals surface area contributed by atoms with Crippen LogP contribution in [0.15, 0.2) is 29.3 Å². The molecule has 0 atom stereocenters. The Hall–Kier alpha value is -1.06. The van der Waals surface area contributed by atoms with Crippen molar-refractivity contribution < 1.29 is 9.47 Å². The number of nitrogens with one attached hydrogen (secondary N) is 2. The number of aliphatic imine (C=N–C) groups is 1. The monoisotopic (exact) mass is 518 g/mol. The SMILES string of the molecule is CN=C(NCc1ccc(OCCCN(C)C)cc1)NCC1(CCOC)CCC1.I. The minimum Gasteiger partial charge on any atom is -0.494 e. The number of hydrogen-bond acceptors (Lipinski definition) is 4. The third-order valence-electron chi connectivity index (χ3n) is 5.51. The first-order chi connectivity index (χ1) is 13.6. The fourth-order valence-electron chi connectivity index (χ4n) is 3.46. The summed E-state index contributed by atoms with van der Waals surface area (Å²) in [5.74, 6) is 1.78. The van der Waals surface area contributed by atoms with Gasteiger partial charge in [0, 0.05) is 40.4 Å². The number of nitrogens with zero attached hydrogens (tertiary/aromatic N) is 2. The van der Waals surface area contributed by atoms with Crippen LogP contribution in [0.2, 0.25) is 0 Å². The van der Waals surface area contributed by atoms with Gasteiger partial charge in [0.05, 0.1) is 6.61 Å². The maximum absolute atomic E-state index is 5.79. The van der Waals surface area contributed by atoms with Gasteiger partial charge in [-0.3, -0.25) is 4.99 Å². The highest BCUT2D eigenvalue weighted by molar-refractivity contribution is 14.0. The zero-order valence-electron chi connectivity index (χ0n) is 18.5. The van der Waals surface area contributed by atoms with Gasteiger partial charge in [-0.2, -0.15) is 0 Å². The Morgan fingerprint density at radius 1 is 1.14 bits per heavy atom. The van der Waals surface area contributed by atoms with Crippen molar-refractivity contribution in [3.63, 3.8) is 0 Å². The molecule has 1 aliphatic rings. The van der Waals surface area contributed by atoms with Gasteiger partial charge in [-0.25, -0.2) is 0 Å². The Morgan fingerprint density at radius 3 is 2.41 bits per heavy atom. The van der Waals surface area contributed by atoms with E-state index < -0.39 is 0 Å². The zero-order valence-corrected chi connectivity index (χ0v) is 20.8. The zero-order chi connectivity index (χ0) is 20.2. The number of hydrogen-bond donors (Lipinski definition) is 2. The quantitative estimate of drug-likeness (QED) is 0.192. The van der Waals surface area contributed by atoms with Crippen molar-refractivity contribution in [3.05, 3.63) is 29.8 Å². The van der Waals surface area contributed by atoms with Crippen LogP contribution in [0.3, 0.4) is 0 Å². The first-order valence-corrected chi connectivity index (χ1v) is 10.4. The number of guanidine groups is 1. The van der Waals surface area contributed by atoms with Crippen molar-refractivity contribution in [2.24, 2.45) is 10.4 Å². The Kier molecular flexibility index (Phi) is 12.6. The van der Waals surface area contributed by atoms with E-state index in [1.165, 1.54) is 24.8 Å². The molecule has 2 rings (SSSR count). The molecule has 2 N–H and O–H groups in total. The molecule has 0 heterocycles. The molecule has 6 nitrogen and oxygen atoms in total. The second kappa shape index (κ2) is 14.0. The first-order valence-electron chi connectivity index (χ1n) is 10.4. The van der Waals surface area contributed by atoms with Gasteiger partial charge in [0.25, 0.3) is 0 Å². The lowest BCUT2D eigenvalue weighted by Crippen LogP contribution is -2.46. The van der Waals surface area contributed by atoms with Gasteiger partial charge in [-0.1, -0.05) is 18.6 Å². The Morgan fingerprint density at radius 2 is 1.86 bits per heavy atom. The third-order valence-corrected chi connectivity index (χ3v) is 5.51. The maximum Gasteiger partial charge on any atom is 0.191 e. The summed E-state index contributed by atoms with van der Waals surface area (Å²) in [7, 11) is 7.76. The van der Waals surface area contributed by atoms with Crippen molar-refractivity contribution in [2.75, 3.05) is 54.6 Å². The van der Waals surface area contributed by atoms with Crippen LogP contribution in [0.25, 0.3) is 0 Å². The molecule has 0 saturated heterocycles. The summed E-state index contributed by atoms with van der Waals surface area (Å²) < 4.78 is 11.1. The maximum atomic E-state index is 5.79. The molecule has 1 saturated carbocycles. The second-order valence-corrected chi connectivity index (χ2v) is 8.02. The standard InChI is InChI=1S/C22H38N4O2.HI/c1-23-21(25-18-22(11-5-12-22)13-16-27-4)24-17-19-7-9-20(10-8-19)28-15-6-14-26(2)3;/h7-10H,5-6,11-18H2,1-4H3,(H2,23,24,25);1H. The largest absolute Gasteiger partial charge is 0.494 e. The molecular weight excluding hydrogens is 479 g/mol. The lowest BCUT2D eigenvalue weighted by molar-refractivity contribution is 0.0732. The Balaban J connectivity index is 0.00000420. The molecule has 166 valence electrons. The molecule has 0 bridgehead atoms. The van der Waals surface area contributed by atoms with Crippen LogP contribution < -0.4 is 15.4 Å². The summed E-state index contributed by atoms with van der Waals surface area (Å²) in [6.45, 7) is 4.32. The van der Waals surface area contributed by atoms with Crippen LogP contribution >= 0.6 is 24.0 Å². The van der Waals surface area contributed by atoms with Crippen molar-refractivity contribution in [1.82, 2.24) is 15.5 Å². The third kappa shape index (κ3) is 9.53. The van der Waals surface area contributed by atoms with E-state index in [0.717, 1.165) is 57.4 Å². The van der Waals surface area contributed by atoms with Crippen molar-refractivity contribution >= 4 is 29.9 Å². The molecule has 1 aliphatic carbocycles. The molecular formula is C22H39IN4O2. The van der Waals surface area contributed by atoms with E-state index >= 15 is 0 Å². The highest BCUT2D eigenvalue weighted by Gasteiger charge is 2.36. The number of methoxy groups -OCH3 is 1. The molecule has 0 spiro atoms. The van der Waals surface area contributed by atoms with Crippen molar-refractivity contribution in [2.45, 2.75) is 38.6 Å². The normalized spacial score (nSPS) is 15.4. The van der Waals surface area contributed by atoms with Crippen LogP contribution in [-0.4, -0.2) is 65.4 Å². The summed E-state index contributed by atoms with van der Waals surface area (Å²) >= 11 is 0. The topological polar surface area (TPSA) is 58.1 Å². The second-order valence-electron chi connectivity index (χ2n) is 8.02. The van der Waals surface area contributed by atoms with Crippen molar-refractivity contribution in [3.8, 4) is 5.75 Å². The number of ether oxygens (including phenoxy) is 2. The van der Waals surface area contributed by atoms with Gasteiger partial charge >= 0.3 is 0 Å². The summed E-state index contributed by atoms with van der Waals surface area (Å²) in [4.78, 5) is 6.53. The summed E-state index contributed by atoms with van der Waals surface area (Å²) in [5.41, 5.74) is 1.58. The van der Waals surface area contributed by atoms with E-state index in [-0.39, 0.29) is 24.0 Å². The molecule has 1 aromatic carbocycles. The summed E-state index contributed by atoms with van der Waals surface area (Å²) in [6, 6.07) is 8.29. The van der Waals surface area contributed by atoms with E-state index in [1.54, 1.807) is 7.11 Å². The minimum atomic E-state index is 0. The van der Waals surface area contributed by atoms with Crippen LogP contribution in [0.5, 0.6) is 5.75 Å². The predicted octanol–water partition coefficient (Wildman–Crippen LogP) is 3.51. The Labute approximate surface area is 193 Å². The van der Waals surface area contributed by atoms with Crippen LogP contribution in [-0.2, 0) is 11.3 Å². The van der Waals surface area contributed by atoms with Crippen LogP contribution in [0, 0.1) is 5.41 Å². The summed E-state index contributed by atoms with van der Waals surface area (Å²) in [5, 5.41) is 6.91. The van der Waals surface area contributed by atoms with E-state index in [2.05, 4.69) is 46.8 Å². The average molecular weight is 518 g/mol. The fourth-order valence-corrected chi connectivity index (χ4v) is 3.46. The summed E-state index contributed by atoms with van der Waals surface area (Å²) in [6.07, 6.45) is 6.02. The average Bonchev–Trinajstić information content (AvgIpc) is 2.67. The van der Waals surface area contributed by atoms with Crippen LogP contribution in [0.4, 0.5) is 0 Å². The highest BCUT2D eigenvalue weighted by Crippen LogP contribution is 2.43. The fraction of sp³-hybridized carbons (Fsp3) is 0.682. The van der Waals surface area contributed by atoms with Gasteiger partial charge in [-0.05, 0) is 62.9 Å². The lowest BCUT2D eigenvalue weighted by Gasteiger charge is -2.42. The molecule has 0 unspecified atom stereocenters. The first kappa shape index (κ1) is 26.0. The molecule has 1 aromatic rings. The minimum absolute atomic E-state index is 0. The van der Waals surface area contributed by atoms with E-state index in [4.69, 9.17) is 9.47 Å². The van der Waals surface area contributed by atoms with Gasteiger partial charge in [-0.15, -0.1) is 24.0 Å². The smallest absolute Gasteiger partial charge is 0.191 e. The molecule has 0 aliphatic heterocycles. The number of benzene rings is 1.